The van der Waals surface area contributed by atoms with E-state index in [1.54, 1.807) is 11.8 Å². The van der Waals surface area contributed by atoms with Gasteiger partial charge in [0.1, 0.15) is 6.54 Å². The predicted molar refractivity (Wildman–Crippen MR) is 65.2 cm³/mol. The molecule has 1 aliphatic heterocycles. The Morgan fingerprint density at radius 3 is 2.87 bits per heavy atom. The van der Waals surface area contributed by atoms with Gasteiger partial charge >= 0.3 is 5.17 Å². The van der Waals surface area contributed by atoms with Gasteiger partial charge in [0.05, 0.1) is 5.71 Å². The van der Waals surface area contributed by atoms with Gasteiger partial charge in [-0.2, -0.15) is 0 Å². The Kier molecular flexibility index (Phi) is 3.06. The topological polar surface area (TPSA) is 41.4 Å². The van der Waals surface area contributed by atoms with Crippen LogP contribution in [0.4, 0.5) is 0 Å². The number of hydrogen-bond acceptors (Lipinski definition) is 3. The smallest absolute Gasteiger partial charge is 0.279 e. The fraction of sp³-hybridized carbons (Fsp3) is 0.273. The van der Waals surface area contributed by atoms with Crippen molar-refractivity contribution < 1.29 is 4.68 Å². The first kappa shape index (κ1) is 10.2. The van der Waals surface area contributed by atoms with Gasteiger partial charge in [-0.25, -0.2) is 0 Å². The highest BCUT2D eigenvalue weighted by Crippen LogP contribution is 2.10. The minimum atomic E-state index is 0.747. The summed E-state index contributed by atoms with van der Waals surface area (Å²) < 4.78 is 1.86. The second kappa shape index (κ2) is 4.49. The molecule has 0 saturated carbocycles. The Morgan fingerprint density at radius 1 is 1.40 bits per heavy atom. The van der Waals surface area contributed by atoms with Gasteiger partial charge in [0.15, 0.2) is 0 Å². The van der Waals surface area contributed by atoms with E-state index in [1.807, 2.05) is 29.8 Å². The first-order chi connectivity index (χ1) is 7.25. The fourth-order valence-corrected chi connectivity index (χ4v) is 2.08. The van der Waals surface area contributed by atoms with Gasteiger partial charge < -0.3 is 0 Å². The largest absolute Gasteiger partial charge is 0.330 e. The van der Waals surface area contributed by atoms with Crippen LogP contribution in [-0.4, -0.2) is 21.3 Å². The Labute approximate surface area is 93.7 Å². The molecule has 0 atom stereocenters. The van der Waals surface area contributed by atoms with Crippen molar-refractivity contribution in [2.45, 2.75) is 13.5 Å². The summed E-state index contributed by atoms with van der Waals surface area (Å²) in [6.07, 6.45) is 0. The van der Waals surface area contributed by atoms with Crippen molar-refractivity contribution in [1.29, 1.82) is 0 Å². The lowest BCUT2D eigenvalue weighted by atomic mass is 10.2. The Morgan fingerprint density at radius 2 is 2.13 bits per heavy atom. The van der Waals surface area contributed by atoms with Crippen molar-refractivity contribution >= 4 is 22.6 Å². The highest BCUT2D eigenvalue weighted by atomic mass is 32.2. The molecule has 1 aromatic rings. The van der Waals surface area contributed by atoms with Crippen LogP contribution in [0.15, 0.2) is 35.4 Å². The van der Waals surface area contributed by atoms with E-state index in [1.165, 1.54) is 5.56 Å². The summed E-state index contributed by atoms with van der Waals surface area (Å²) in [5, 5.41) is 5.21. The van der Waals surface area contributed by atoms with Gasteiger partial charge in [-0.05, 0) is 24.2 Å². The zero-order chi connectivity index (χ0) is 10.7. The summed E-state index contributed by atoms with van der Waals surface area (Å²) in [7, 11) is 0. The molecule has 78 valence electrons. The molecule has 0 spiro atoms. The number of amidine groups is 1. The van der Waals surface area contributed by atoms with Gasteiger partial charge in [0.2, 0.25) is 0 Å². The van der Waals surface area contributed by atoms with Crippen LogP contribution in [0, 0.1) is 0 Å². The third-order valence-corrected chi connectivity index (χ3v) is 3.22. The van der Waals surface area contributed by atoms with Crippen LogP contribution in [0.2, 0.25) is 0 Å². The standard InChI is InChI=1S/C11H13N3S/c1-9-8-15-11(12)14(13-9)7-10-5-3-2-4-6-10/h2-6,12H,7-8H2,1H3/p+1. The van der Waals surface area contributed by atoms with Crippen LogP contribution in [0.1, 0.15) is 12.5 Å². The molecule has 1 heterocycles. The van der Waals surface area contributed by atoms with Crippen molar-refractivity contribution in [1.82, 2.24) is 0 Å². The van der Waals surface area contributed by atoms with Crippen LogP contribution in [0.3, 0.4) is 0 Å². The molecular weight excluding hydrogens is 206 g/mol. The van der Waals surface area contributed by atoms with Crippen LogP contribution in [0.25, 0.3) is 0 Å². The van der Waals surface area contributed by atoms with Gasteiger partial charge in [0.25, 0.3) is 0 Å². The molecule has 0 amide bonds. The molecular formula is C11H14N3S+. The Hall–Kier alpha value is -1.29. The first-order valence-electron chi connectivity index (χ1n) is 4.86. The number of nitrogens with zero attached hydrogens (tertiary/aromatic N) is 2. The maximum atomic E-state index is 5.89. The molecule has 2 rings (SSSR count). The van der Waals surface area contributed by atoms with E-state index in [9.17, 15) is 0 Å². The molecule has 0 radical (unpaired) electrons. The summed E-state index contributed by atoms with van der Waals surface area (Å²) in [5.41, 5.74) is 8.23. The molecule has 4 heteroatoms. The van der Waals surface area contributed by atoms with E-state index in [0.29, 0.717) is 0 Å². The average Bonchev–Trinajstić information content (AvgIpc) is 2.25. The number of hydrazone groups is 1. The molecule has 0 unspecified atom stereocenters. The predicted octanol–water partition coefficient (Wildman–Crippen LogP) is 1.64. The van der Waals surface area contributed by atoms with Crippen molar-refractivity contribution in [3.63, 3.8) is 0 Å². The third-order valence-electron chi connectivity index (χ3n) is 2.15. The lowest BCUT2D eigenvalue weighted by molar-refractivity contribution is -0.548. The molecule has 0 bridgehead atoms. The molecule has 15 heavy (non-hydrogen) atoms. The zero-order valence-electron chi connectivity index (χ0n) is 8.68. The Bertz CT molecular complexity index is 409. The summed E-state index contributed by atoms with van der Waals surface area (Å²) in [6.45, 7) is 2.77. The SMILES string of the molecule is CC1=N[N+](Cc2ccccc2)=C(N)SC1. The second-order valence-corrected chi connectivity index (χ2v) is 4.50. The van der Waals surface area contributed by atoms with Crippen molar-refractivity contribution in [2.24, 2.45) is 10.8 Å². The average molecular weight is 220 g/mol. The summed E-state index contributed by atoms with van der Waals surface area (Å²) in [5.74, 6) is 0.900. The number of nitrogens with two attached hydrogens (primary N) is 1. The van der Waals surface area contributed by atoms with E-state index in [2.05, 4.69) is 17.2 Å². The number of rotatable bonds is 2. The van der Waals surface area contributed by atoms with Crippen LogP contribution >= 0.6 is 11.8 Å². The summed E-state index contributed by atoms with van der Waals surface area (Å²) >= 11 is 1.64. The molecule has 3 nitrogen and oxygen atoms in total. The van der Waals surface area contributed by atoms with Crippen molar-refractivity contribution in [3.8, 4) is 0 Å². The molecule has 0 aliphatic carbocycles. The van der Waals surface area contributed by atoms with Gasteiger partial charge in [-0.1, -0.05) is 35.4 Å². The Balaban J connectivity index is 2.19. The lowest BCUT2D eigenvalue weighted by Gasteiger charge is -2.09. The van der Waals surface area contributed by atoms with E-state index in [4.69, 9.17) is 5.73 Å². The molecule has 0 saturated heterocycles. The summed E-state index contributed by atoms with van der Waals surface area (Å²) in [6, 6.07) is 10.2. The maximum Gasteiger partial charge on any atom is 0.330 e. The van der Waals surface area contributed by atoms with E-state index < -0.39 is 0 Å². The molecule has 1 aliphatic rings. The van der Waals surface area contributed by atoms with Crippen molar-refractivity contribution in [3.05, 3.63) is 35.9 Å². The van der Waals surface area contributed by atoms with Crippen LogP contribution in [-0.2, 0) is 6.54 Å². The van der Waals surface area contributed by atoms with E-state index >= 15 is 0 Å². The van der Waals surface area contributed by atoms with E-state index in [0.717, 1.165) is 23.2 Å². The van der Waals surface area contributed by atoms with Gasteiger partial charge in [-0.15, -0.1) is 4.68 Å². The number of benzene rings is 1. The molecule has 2 N–H and O–H groups in total. The second-order valence-electron chi connectivity index (χ2n) is 3.51. The lowest BCUT2D eigenvalue weighted by Crippen LogP contribution is -2.27. The number of hydrogen-bond donors (Lipinski definition) is 1. The van der Waals surface area contributed by atoms with E-state index in [-0.39, 0.29) is 0 Å². The van der Waals surface area contributed by atoms with Crippen LogP contribution < -0.4 is 5.73 Å². The quantitative estimate of drug-likeness (QED) is 0.770. The summed E-state index contributed by atoms with van der Waals surface area (Å²) in [4.78, 5) is 0. The molecule has 0 aromatic heterocycles. The third kappa shape index (κ3) is 2.59. The molecule has 1 aromatic carbocycles. The van der Waals surface area contributed by atoms with Crippen molar-refractivity contribution in [2.75, 3.05) is 5.75 Å². The minimum Gasteiger partial charge on any atom is -0.279 e. The number of thioether (sulfide) groups is 1. The highest BCUT2D eigenvalue weighted by Gasteiger charge is 2.16. The van der Waals surface area contributed by atoms with Gasteiger partial charge in [-0.3, -0.25) is 5.73 Å². The zero-order valence-corrected chi connectivity index (χ0v) is 9.50. The molecule has 0 fully saturated rings. The monoisotopic (exact) mass is 220 g/mol. The normalized spacial score (nSPS) is 16.5. The highest BCUT2D eigenvalue weighted by molar-refractivity contribution is 8.14. The van der Waals surface area contributed by atoms with Gasteiger partial charge in [0, 0.05) is 5.75 Å². The fourth-order valence-electron chi connectivity index (χ4n) is 1.41. The van der Waals surface area contributed by atoms with Crippen LogP contribution in [0.5, 0.6) is 0 Å². The maximum absolute atomic E-state index is 5.89. The minimum absolute atomic E-state index is 0.747. The first-order valence-corrected chi connectivity index (χ1v) is 5.85.